The van der Waals surface area contributed by atoms with Gasteiger partial charge in [-0.05, 0) is 31.7 Å². The van der Waals surface area contributed by atoms with Crippen LogP contribution in [0.3, 0.4) is 0 Å². The molecular weight excluding hydrogens is 272 g/mol. The number of aromatic amines is 1. The molecule has 1 aliphatic rings. The lowest BCUT2D eigenvalue weighted by Crippen LogP contribution is -2.60. The zero-order valence-corrected chi connectivity index (χ0v) is 12.2. The molecule has 1 aromatic heterocycles. The number of aliphatic carboxylic acids is 1. The summed E-state index contributed by atoms with van der Waals surface area (Å²) in [6.45, 7) is 3.26. The van der Waals surface area contributed by atoms with E-state index in [1.165, 1.54) is 19.2 Å². The summed E-state index contributed by atoms with van der Waals surface area (Å²) in [4.78, 5) is 37.9. The van der Waals surface area contributed by atoms with Crippen molar-refractivity contribution in [1.82, 2.24) is 10.3 Å². The predicted octanol–water partition coefficient (Wildman–Crippen LogP) is 1.98. The van der Waals surface area contributed by atoms with Crippen LogP contribution in [0.25, 0.3) is 0 Å². The SMILES string of the molecule is CC(=O)c1c[nH]c(C(=O)NC2(C(=O)O)CCCCC2C)c1. The van der Waals surface area contributed by atoms with Gasteiger partial charge in [-0.25, -0.2) is 4.79 Å². The number of hydrogen-bond donors (Lipinski definition) is 3. The second kappa shape index (κ2) is 5.71. The zero-order chi connectivity index (χ0) is 15.6. The van der Waals surface area contributed by atoms with Crippen LogP contribution in [-0.4, -0.2) is 33.3 Å². The second-order valence-corrected chi connectivity index (χ2v) is 5.74. The summed E-state index contributed by atoms with van der Waals surface area (Å²) in [5.41, 5.74) is -0.614. The summed E-state index contributed by atoms with van der Waals surface area (Å²) in [5.74, 6) is -1.76. The lowest BCUT2D eigenvalue weighted by Gasteiger charge is -2.39. The van der Waals surface area contributed by atoms with Gasteiger partial charge in [0.1, 0.15) is 11.2 Å². The normalized spacial score (nSPS) is 25.3. The fourth-order valence-electron chi connectivity index (χ4n) is 2.90. The largest absolute Gasteiger partial charge is 0.479 e. The van der Waals surface area contributed by atoms with Crippen LogP contribution in [0.1, 0.15) is 60.4 Å². The Morgan fingerprint density at radius 2 is 2.10 bits per heavy atom. The van der Waals surface area contributed by atoms with Crippen LogP contribution in [0.15, 0.2) is 12.3 Å². The molecule has 6 heteroatoms. The number of rotatable bonds is 4. The second-order valence-electron chi connectivity index (χ2n) is 5.74. The molecule has 0 spiro atoms. The fourth-order valence-corrected chi connectivity index (χ4v) is 2.90. The standard InChI is InChI=1S/C15H20N2O4/c1-9-5-3-4-6-15(9,14(20)21)17-13(19)12-7-11(8-16-12)10(2)18/h7-9,16H,3-6H2,1-2H3,(H,17,19)(H,20,21). The molecule has 6 nitrogen and oxygen atoms in total. The Kier molecular flexibility index (Phi) is 4.16. The molecule has 0 aromatic carbocycles. The molecule has 1 aliphatic carbocycles. The third-order valence-corrected chi connectivity index (χ3v) is 4.35. The van der Waals surface area contributed by atoms with Gasteiger partial charge in [-0.2, -0.15) is 0 Å². The Labute approximate surface area is 122 Å². The average molecular weight is 292 g/mol. The minimum atomic E-state index is -1.23. The maximum atomic E-state index is 12.3. The van der Waals surface area contributed by atoms with E-state index in [-0.39, 0.29) is 17.4 Å². The van der Waals surface area contributed by atoms with Gasteiger partial charge in [0.05, 0.1) is 0 Å². The van der Waals surface area contributed by atoms with Crippen molar-refractivity contribution in [2.24, 2.45) is 5.92 Å². The average Bonchev–Trinajstić information content (AvgIpc) is 2.91. The molecule has 0 radical (unpaired) electrons. The Balaban J connectivity index is 2.22. The summed E-state index contributed by atoms with van der Waals surface area (Å²) in [6, 6.07) is 1.45. The van der Waals surface area contributed by atoms with Crippen molar-refractivity contribution in [2.75, 3.05) is 0 Å². The first-order chi connectivity index (χ1) is 9.86. The van der Waals surface area contributed by atoms with E-state index in [0.29, 0.717) is 12.0 Å². The quantitative estimate of drug-likeness (QED) is 0.739. The van der Waals surface area contributed by atoms with Gasteiger partial charge >= 0.3 is 5.97 Å². The third kappa shape index (κ3) is 2.84. The molecule has 1 saturated carbocycles. The van der Waals surface area contributed by atoms with Gasteiger partial charge in [0.25, 0.3) is 5.91 Å². The topological polar surface area (TPSA) is 99.3 Å². The highest BCUT2D eigenvalue weighted by Crippen LogP contribution is 2.34. The number of amides is 1. The lowest BCUT2D eigenvalue weighted by atomic mass is 9.73. The summed E-state index contributed by atoms with van der Waals surface area (Å²) in [7, 11) is 0. The third-order valence-electron chi connectivity index (χ3n) is 4.35. The molecule has 114 valence electrons. The summed E-state index contributed by atoms with van der Waals surface area (Å²) < 4.78 is 0. The molecule has 0 bridgehead atoms. The van der Waals surface area contributed by atoms with Crippen LogP contribution in [0, 0.1) is 5.92 Å². The molecule has 1 aromatic rings. The molecule has 1 fully saturated rings. The van der Waals surface area contributed by atoms with Crippen LogP contribution in [0.2, 0.25) is 0 Å². The molecule has 21 heavy (non-hydrogen) atoms. The molecule has 2 unspecified atom stereocenters. The van der Waals surface area contributed by atoms with E-state index in [9.17, 15) is 19.5 Å². The molecule has 3 N–H and O–H groups in total. The number of nitrogens with one attached hydrogen (secondary N) is 2. The maximum absolute atomic E-state index is 12.3. The first-order valence-electron chi connectivity index (χ1n) is 7.12. The van der Waals surface area contributed by atoms with Gasteiger partial charge in [0.15, 0.2) is 5.78 Å². The Morgan fingerprint density at radius 3 is 2.62 bits per heavy atom. The van der Waals surface area contributed by atoms with Gasteiger partial charge in [-0.1, -0.05) is 19.8 Å². The van der Waals surface area contributed by atoms with Crippen molar-refractivity contribution in [1.29, 1.82) is 0 Å². The van der Waals surface area contributed by atoms with Crippen molar-refractivity contribution in [2.45, 2.75) is 45.1 Å². The molecule has 2 atom stereocenters. The summed E-state index contributed by atoms with van der Waals surface area (Å²) in [5, 5.41) is 12.2. The van der Waals surface area contributed by atoms with Gasteiger partial charge in [0.2, 0.25) is 0 Å². The first-order valence-corrected chi connectivity index (χ1v) is 7.12. The smallest absolute Gasteiger partial charge is 0.329 e. The lowest BCUT2D eigenvalue weighted by molar-refractivity contribution is -0.148. The highest BCUT2D eigenvalue weighted by atomic mass is 16.4. The van der Waals surface area contributed by atoms with Gasteiger partial charge in [0, 0.05) is 11.8 Å². The van der Waals surface area contributed by atoms with Crippen LogP contribution in [0.5, 0.6) is 0 Å². The van der Waals surface area contributed by atoms with Crippen LogP contribution in [0.4, 0.5) is 0 Å². The van der Waals surface area contributed by atoms with E-state index < -0.39 is 17.4 Å². The fraction of sp³-hybridized carbons (Fsp3) is 0.533. The molecule has 0 saturated heterocycles. The number of hydrogen-bond acceptors (Lipinski definition) is 3. The van der Waals surface area contributed by atoms with E-state index in [2.05, 4.69) is 10.3 Å². The number of carboxylic acids is 1. The minimum Gasteiger partial charge on any atom is -0.479 e. The Morgan fingerprint density at radius 1 is 1.38 bits per heavy atom. The van der Waals surface area contributed by atoms with Crippen molar-refractivity contribution in [3.63, 3.8) is 0 Å². The van der Waals surface area contributed by atoms with Crippen LogP contribution in [-0.2, 0) is 4.79 Å². The molecule has 1 heterocycles. The number of carbonyl (C=O) groups excluding carboxylic acids is 2. The van der Waals surface area contributed by atoms with E-state index in [0.717, 1.165) is 19.3 Å². The van der Waals surface area contributed by atoms with Gasteiger partial charge < -0.3 is 15.4 Å². The highest BCUT2D eigenvalue weighted by molar-refractivity contribution is 6.00. The molecule has 2 rings (SSSR count). The number of carboxylic acid groups (broad SMARTS) is 1. The van der Waals surface area contributed by atoms with Crippen molar-refractivity contribution in [3.8, 4) is 0 Å². The first kappa shape index (κ1) is 15.3. The van der Waals surface area contributed by atoms with E-state index in [1.807, 2.05) is 6.92 Å². The Bertz CT molecular complexity index is 578. The predicted molar refractivity (Wildman–Crippen MR) is 76.3 cm³/mol. The molecule has 1 amide bonds. The van der Waals surface area contributed by atoms with Crippen molar-refractivity contribution in [3.05, 3.63) is 23.5 Å². The monoisotopic (exact) mass is 292 g/mol. The number of carbonyl (C=O) groups is 3. The highest BCUT2D eigenvalue weighted by Gasteiger charge is 2.46. The van der Waals surface area contributed by atoms with E-state index in [1.54, 1.807) is 0 Å². The van der Waals surface area contributed by atoms with E-state index in [4.69, 9.17) is 0 Å². The minimum absolute atomic E-state index is 0.130. The summed E-state index contributed by atoms with van der Waals surface area (Å²) in [6.07, 6.45) is 4.41. The van der Waals surface area contributed by atoms with Gasteiger partial charge in [-0.15, -0.1) is 0 Å². The summed E-state index contributed by atoms with van der Waals surface area (Å²) >= 11 is 0. The Hall–Kier alpha value is -2.11. The van der Waals surface area contributed by atoms with Gasteiger partial charge in [-0.3, -0.25) is 9.59 Å². The van der Waals surface area contributed by atoms with Crippen molar-refractivity contribution >= 4 is 17.7 Å². The van der Waals surface area contributed by atoms with Crippen molar-refractivity contribution < 1.29 is 19.5 Å². The van der Waals surface area contributed by atoms with E-state index >= 15 is 0 Å². The number of aromatic nitrogens is 1. The number of Topliss-reactive ketones (excluding diaryl/α,β-unsaturated/α-hetero) is 1. The zero-order valence-electron chi connectivity index (χ0n) is 12.2. The van der Waals surface area contributed by atoms with Crippen LogP contribution >= 0.6 is 0 Å². The van der Waals surface area contributed by atoms with Crippen LogP contribution < -0.4 is 5.32 Å². The number of H-pyrrole nitrogens is 1. The number of ketones is 1. The molecule has 0 aliphatic heterocycles. The molecular formula is C15H20N2O4. The maximum Gasteiger partial charge on any atom is 0.329 e.